The van der Waals surface area contributed by atoms with Crippen LogP contribution in [0.25, 0.3) is 0 Å². The lowest BCUT2D eigenvalue weighted by molar-refractivity contribution is -0.141. The first-order valence-electron chi connectivity index (χ1n) is 6.80. The fourth-order valence-corrected chi connectivity index (χ4v) is 2.65. The van der Waals surface area contributed by atoms with Crippen molar-refractivity contribution in [3.05, 3.63) is 33.3 Å². The lowest BCUT2D eigenvalue weighted by Gasteiger charge is -2.15. The van der Waals surface area contributed by atoms with Crippen LogP contribution in [0.3, 0.4) is 0 Å². The molecule has 0 radical (unpaired) electrons. The van der Waals surface area contributed by atoms with E-state index in [0.717, 1.165) is 40.9 Å². The number of benzene rings is 1. The Kier molecular flexibility index (Phi) is 7.56. The first kappa shape index (κ1) is 17.5. The van der Waals surface area contributed by atoms with E-state index in [2.05, 4.69) is 28.2 Å². The third-order valence-corrected chi connectivity index (χ3v) is 4.20. The van der Waals surface area contributed by atoms with Crippen molar-refractivity contribution >= 4 is 33.5 Å². The van der Waals surface area contributed by atoms with Crippen molar-refractivity contribution in [2.45, 2.75) is 45.7 Å². The minimum absolute atomic E-state index is 0.261. The number of nitrogens with one attached hydrogen (secondary N) is 1. The Hall–Kier alpha value is -0.580. The van der Waals surface area contributed by atoms with Crippen LogP contribution in [0.2, 0.25) is 5.02 Å². The summed E-state index contributed by atoms with van der Waals surface area (Å²) < 4.78 is 0.974. The summed E-state index contributed by atoms with van der Waals surface area (Å²) in [6.07, 6.45) is 2.60. The summed E-state index contributed by atoms with van der Waals surface area (Å²) in [6, 6.07) is 6.20. The van der Waals surface area contributed by atoms with E-state index in [0.29, 0.717) is 6.04 Å². The van der Waals surface area contributed by atoms with Gasteiger partial charge in [0.05, 0.1) is 5.92 Å². The van der Waals surface area contributed by atoms with E-state index < -0.39 is 5.97 Å². The quantitative estimate of drug-likeness (QED) is 0.717. The highest BCUT2D eigenvalue weighted by molar-refractivity contribution is 9.10. The van der Waals surface area contributed by atoms with Crippen LogP contribution in [0.4, 0.5) is 0 Å². The number of halogens is 2. The third-order valence-electron chi connectivity index (χ3n) is 3.35. The zero-order valence-corrected chi connectivity index (χ0v) is 14.2. The molecule has 3 nitrogen and oxygen atoms in total. The minimum Gasteiger partial charge on any atom is -0.481 e. The van der Waals surface area contributed by atoms with Gasteiger partial charge in [-0.2, -0.15) is 0 Å². The number of rotatable bonds is 8. The van der Waals surface area contributed by atoms with Gasteiger partial charge in [-0.1, -0.05) is 46.9 Å². The zero-order chi connectivity index (χ0) is 15.1. The second-order valence-electron chi connectivity index (χ2n) is 5.19. The summed E-state index contributed by atoms with van der Waals surface area (Å²) in [5, 5.41) is 13.0. The molecule has 20 heavy (non-hydrogen) atoms. The molecule has 1 aromatic carbocycles. The highest BCUT2D eigenvalue weighted by atomic mass is 79.9. The van der Waals surface area contributed by atoms with Gasteiger partial charge >= 0.3 is 5.97 Å². The molecule has 0 aromatic heterocycles. The predicted octanol–water partition coefficient (Wildman–Crippen LogP) is 4.47. The van der Waals surface area contributed by atoms with Gasteiger partial charge in [0.1, 0.15) is 0 Å². The van der Waals surface area contributed by atoms with Gasteiger partial charge in [-0.3, -0.25) is 4.79 Å². The SMILES string of the molecule is CC(CCCC(C)C(=O)O)NCc1ccc(Br)cc1Cl. The Labute approximate surface area is 133 Å². The van der Waals surface area contributed by atoms with Crippen molar-refractivity contribution in [1.29, 1.82) is 0 Å². The van der Waals surface area contributed by atoms with Crippen molar-refractivity contribution in [2.75, 3.05) is 0 Å². The average Bonchev–Trinajstić information content (AvgIpc) is 2.37. The first-order valence-corrected chi connectivity index (χ1v) is 7.97. The van der Waals surface area contributed by atoms with Crippen LogP contribution in [0.5, 0.6) is 0 Å². The molecule has 1 rings (SSSR count). The molecule has 2 atom stereocenters. The predicted molar refractivity (Wildman–Crippen MR) is 86.1 cm³/mol. The molecular formula is C15H21BrClNO2. The number of hydrogen-bond donors (Lipinski definition) is 2. The second kappa shape index (κ2) is 8.65. The monoisotopic (exact) mass is 361 g/mol. The second-order valence-corrected chi connectivity index (χ2v) is 6.51. The van der Waals surface area contributed by atoms with Crippen molar-refractivity contribution in [1.82, 2.24) is 5.32 Å². The largest absolute Gasteiger partial charge is 0.481 e. The van der Waals surface area contributed by atoms with Gasteiger partial charge in [0.25, 0.3) is 0 Å². The molecule has 5 heteroatoms. The van der Waals surface area contributed by atoms with Crippen molar-refractivity contribution in [3.63, 3.8) is 0 Å². The molecule has 0 fully saturated rings. The Balaban J connectivity index is 2.29. The molecule has 0 amide bonds. The van der Waals surface area contributed by atoms with Crippen molar-refractivity contribution in [2.24, 2.45) is 5.92 Å². The van der Waals surface area contributed by atoms with Crippen LogP contribution < -0.4 is 5.32 Å². The Bertz CT molecular complexity index is 453. The summed E-state index contributed by atoms with van der Waals surface area (Å²) in [5.41, 5.74) is 1.07. The molecule has 2 N–H and O–H groups in total. The molecule has 0 saturated heterocycles. The zero-order valence-electron chi connectivity index (χ0n) is 11.8. The van der Waals surface area contributed by atoms with E-state index in [-0.39, 0.29) is 5.92 Å². The van der Waals surface area contributed by atoms with Crippen LogP contribution in [0, 0.1) is 5.92 Å². The highest BCUT2D eigenvalue weighted by Crippen LogP contribution is 2.21. The summed E-state index contributed by atoms with van der Waals surface area (Å²) in [4.78, 5) is 10.7. The molecule has 2 unspecified atom stereocenters. The van der Waals surface area contributed by atoms with Crippen LogP contribution >= 0.6 is 27.5 Å². The lowest BCUT2D eigenvalue weighted by atomic mass is 10.0. The molecular weight excluding hydrogens is 342 g/mol. The first-order chi connectivity index (χ1) is 9.40. The number of carboxylic acid groups (broad SMARTS) is 1. The van der Waals surface area contributed by atoms with Gasteiger partial charge in [-0.25, -0.2) is 0 Å². The topological polar surface area (TPSA) is 49.3 Å². The Morgan fingerprint density at radius 1 is 1.40 bits per heavy atom. The van der Waals surface area contributed by atoms with Gasteiger partial charge < -0.3 is 10.4 Å². The van der Waals surface area contributed by atoms with Gasteiger partial charge in [0.15, 0.2) is 0 Å². The van der Waals surface area contributed by atoms with Crippen LogP contribution in [0.15, 0.2) is 22.7 Å². The molecule has 0 heterocycles. The number of carboxylic acids is 1. The maximum atomic E-state index is 10.7. The van der Waals surface area contributed by atoms with Crippen molar-refractivity contribution in [3.8, 4) is 0 Å². The van der Waals surface area contributed by atoms with Crippen LogP contribution in [-0.4, -0.2) is 17.1 Å². The molecule has 0 aliphatic carbocycles. The fraction of sp³-hybridized carbons (Fsp3) is 0.533. The summed E-state index contributed by atoms with van der Waals surface area (Å²) in [6.45, 7) is 4.59. The molecule has 0 bridgehead atoms. The lowest BCUT2D eigenvalue weighted by Crippen LogP contribution is -2.25. The van der Waals surface area contributed by atoms with Crippen LogP contribution in [0.1, 0.15) is 38.7 Å². The smallest absolute Gasteiger partial charge is 0.306 e. The number of hydrogen-bond acceptors (Lipinski definition) is 2. The fourth-order valence-electron chi connectivity index (χ4n) is 1.90. The maximum absolute atomic E-state index is 10.7. The van der Waals surface area contributed by atoms with Gasteiger partial charge in [0, 0.05) is 22.1 Å². The number of carbonyl (C=O) groups is 1. The van der Waals surface area contributed by atoms with Gasteiger partial charge in [-0.15, -0.1) is 0 Å². The van der Waals surface area contributed by atoms with E-state index in [1.165, 1.54) is 0 Å². The Morgan fingerprint density at radius 2 is 2.10 bits per heavy atom. The van der Waals surface area contributed by atoms with Crippen molar-refractivity contribution < 1.29 is 9.90 Å². The van der Waals surface area contributed by atoms with Gasteiger partial charge in [0.2, 0.25) is 0 Å². The standard InChI is InChI=1S/C15H21BrClNO2/c1-10(15(19)20)4-3-5-11(2)18-9-12-6-7-13(16)8-14(12)17/h6-8,10-11,18H,3-5,9H2,1-2H3,(H,19,20). The molecule has 0 saturated carbocycles. The minimum atomic E-state index is -0.716. The van der Waals surface area contributed by atoms with E-state index >= 15 is 0 Å². The number of aliphatic carboxylic acids is 1. The van der Waals surface area contributed by atoms with E-state index in [4.69, 9.17) is 16.7 Å². The summed E-state index contributed by atoms with van der Waals surface area (Å²) in [7, 11) is 0. The third kappa shape index (κ3) is 6.25. The molecule has 112 valence electrons. The van der Waals surface area contributed by atoms with E-state index in [1.54, 1.807) is 6.92 Å². The van der Waals surface area contributed by atoms with Crippen LogP contribution in [-0.2, 0) is 11.3 Å². The normalized spacial score (nSPS) is 14.0. The molecule has 0 aliphatic heterocycles. The van der Waals surface area contributed by atoms with E-state index in [9.17, 15) is 4.79 Å². The maximum Gasteiger partial charge on any atom is 0.306 e. The summed E-state index contributed by atoms with van der Waals surface area (Å²) in [5.74, 6) is -0.977. The average molecular weight is 363 g/mol. The van der Waals surface area contributed by atoms with E-state index in [1.807, 2.05) is 18.2 Å². The molecule has 1 aromatic rings. The molecule has 0 aliphatic rings. The van der Waals surface area contributed by atoms with Gasteiger partial charge in [-0.05, 0) is 37.5 Å². The summed E-state index contributed by atoms with van der Waals surface area (Å²) >= 11 is 9.54. The highest BCUT2D eigenvalue weighted by Gasteiger charge is 2.11. The molecule has 0 spiro atoms. The Morgan fingerprint density at radius 3 is 2.70 bits per heavy atom.